The maximum atomic E-state index is 11.6. The van der Waals surface area contributed by atoms with Gasteiger partial charge >= 0.3 is 5.97 Å². The number of aryl methyl sites for hydroxylation is 2. The second-order valence-electron chi connectivity index (χ2n) is 4.81. The maximum absolute atomic E-state index is 11.6. The molecular weight excluding hydrogens is 276 g/mol. The van der Waals surface area contributed by atoms with Crippen LogP contribution < -0.4 is 0 Å². The quantitative estimate of drug-likeness (QED) is 0.649. The van der Waals surface area contributed by atoms with Gasteiger partial charge < -0.3 is 9.72 Å². The molecule has 0 bridgehead atoms. The van der Waals surface area contributed by atoms with E-state index in [1.54, 1.807) is 0 Å². The summed E-state index contributed by atoms with van der Waals surface area (Å²) in [6.07, 6.45) is 7.29. The van der Waals surface area contributed by atoms with E-state index in [1.165, 1.54) is 18.2 Å². The second-order valence-corrected chi connectivity index (χ2v) is 4.81. The number of fused-ring (bicyclic) bond motifs is 2. The van der Waals surface area contributed by atoms with E-state index in [4.69, 9.17) is 4.74 Å². The van der Waals surface area contributed by atoms with Gasteiger partial charge in [0, 0.05) is 11.1 Å². The Labute approximate surface area is 123 Å². The van der Waals surface area contributed by atoms with Gasteiger partial charge in [0.05, 0.1) is 7.11 Å². The summed E-state index contributed by atoms with van der Waals surface area (Å²) in [4.78, 5) is 19.3. The molecule has 1 aliphatic carbocycles. The zero-order chi connectivity index (χ0) is 13.4. The molecule has 1 N–H and O–H groups in total. The molecule has 0 saturated carbocycles. The number of rotatable bonds is 1. The number of aromatic amines is 1. The van der Waals surface area contributed by atoms with E-state index in [1.807, 2.05) is 6.07 Å². The molecule has 0 spiro atoms. The van der Waals surface area contributed by atoms with Gasteiger partial charge in [-0.15, -0.1) is 12.4 Å². The van der Waals surface area contributed by atoms with E-state index >= 15 is 0 Å². The Hall–Kier alpha value is -1.81. The molecule has 0 saturated heterocycles. The van der Waals surface area contributed by atoms with Crippen LogP contribution in [0.15, 0.2) is 18.2 Å². The lowest BCUT2D eigenvalue weighted by Crippen LogP contribution is -2.01. The summed E-state index contributed by atoms with van der Waals surface area (Å²) in [6, 6.07) is 1.83. The molecule has 0 amide bonds. The number of nitrogens with one attached hydrogen (secondary N) is 1. The first-order valence-corrected chi connectivity index (χ1v) is 6.45. The number of carbonyl (C=O) groups is 1. The first-order chi connectivity index (χ1) is 9.20. The Balaban J connectivity index is 0.00000147. The number of nitrogens with zero attached hydrogens (tertiary/aromatic N) is 1. The number of ether oxygens (including phenoxy) is 1. The summed E-state index contributed by atoms with van der Waals surface area (Å²) in [6.45, 7) is 2.09. The highest BCUT2D eigenvalue weighted by molar-refractivity contribution is 5.95. The zero-order valence-electron chi connectivity index (χ0n) is 11.5. The molecule has 0 aromatic carbocycles. The molecule has 3 rings (SSSR count). The number of hydrogen-bond donors (Lipinski definition) is 1. The van der Waals surface area contributed by atoms with Crippen molar-refractivity contribution in [2.45, 2.75) is 26.2 Å². The van der Waals surface area contributed by atoms with Crippen LogP contribution in [-0.2, 0) is 17.6 Å². The number of hydrogen-bond acceptors (Lipinski definition) is 3. The molecule has 2 heterocycles. The first-order valence-electron chi connectivity index (χ1n) is 6.45. The molecule has 0 aliphatic heterocycles. The summed E-state index contributed by atoms with van der Waals surface area (Å²) < 4.78 is 4.74. The third-order valence-electron chi connectivity index (χ3n) is 3.69. The summed E-state index contributed by atoms with van der Waals surface area (Å²) in [5, 5.41) is 1.01. The van der Waals surface area contributed by atoms with Gasteiger partial charge in [0.25, 0.3) is 0 Å². The van der Waals surface area contributed by atoms with Crippen molar-refractivity contribution < 1.29 is 9.53 Å². The Morgan fingerprint density at radius 2 is 2.20 bits per heavy atom. The fourth-order valence-corrected chi connectivity index (χ4v) is 2.64. The van der Waals surface area contributed by atoms with Crippen LogP contribution in [-0.4, -0.2) is 23.0 Å². The number of methoxy groups -OCH3 is 1. The molecule has 5 heteroatoms. The Morgan fingerprint density at radius 3 is 2.95 bits per heavy atom. The van der Waals surface area contributed by atoms with Crippen molar-refractivity contribution in [3.8, 4) is 0 Å². The summed E-state index contributed by atoms with van der Waals surface area (Å²) in [5.74, 6) is -0.354. The van der Waals surface area contributed by atoms with Gasteiger partial charge in [-0.05, 0) is 43.4 Å². The summed E-state index contributed by atoms with van der Waals surface area (Å²) in [5.41, 5.74) is 4.87. The second kappa shape index (κ2) is 5.67. The highest BCUT2D eigenvalue weighted by Crippen LogP contribution is 2.26. The SMILES string of the molecule is COC(=O)c1cc2c(C)c3c(nc2[nH]1)CCC=CC3.Cl. The molecule has 20 heavy (non-hydrogen) atoms. The summed E-state index contributed by atoms with van der Waals surface area (Å²) >= 11 is 0. The van der Waals surface area contributed by atoms with Crippen LogP contribution in [0.1, 0.15) is 33.7 Å². The van der Waals surface area contributed by atoms with Crippen molar-refractivity contribution in [1.29, 1.82) is 0 Å². The van der Waals surface area contributed by atoms with Crippen LogP contribution >= 0.6 is 12.4 Å². The Kier molecular flexibility index (Phi) is 4.14. The van der Waals surface area contributed by atoms with Gasteiger partial charge in [-0.3, -0.25) is 0 Å². The zero-order valence-corrected chi connectivity index (χ0v) is 12.3. The molecule has 2 aromatic rings. The van der Waals surface area contributed by atoms with Crippen molar-refractivity contribution in [3.05, 3.63) is 40.7 Å². The first kappa shape index (κ1) is 14.6. The predicted octanol–water partition coefficient (Wildman–Crippen LogP) is 3.12. The van der Waals surface area contributed by atoms with Crippen molar-refractivity contribution >= 4 is 29.4 Å². The van der Waals surface area contributed by atoms with Crippen LogP contribution in [0.5, 0.6) is 0 Å². The van der Waals surface area contributed by atoms with E-state index in [0.717, 1.165) is 36.0 Å². The molecule has 0 fully saturated rings. The Bertz CT molecular complexity index is 689. The number of esters is 1. The van der Waals surface area contributed by atoms with Crippen LogP contribution in [0.3, 0.4) is 0 Å². The minimum Gasteiger partial charge on any atom is -0.464 e. The lowest BCUT2D eigenvalue weighted by molar-refractivity contribution is 0.0595. The van der Waals surface area contributed by atoms with E-state index in [-0.39, 0.29) is 18.4 Å². The highest BCUT2D eigenvalue weighted by Gasteiger charge is 2.17. The lowest BCUT2D eigenvalue weighted by atomic mass is 10.0. The molecule has 1 aliphatic rings. The Morgan fingerprint density at radius 1 is 1.40 bits per heavy atom. The van der Waals surface area contributed by atoms with Gasteiger partial charge in [0.15, 0.2) is 0 Å². The number of pyridine rings is 1. The molecule has 4 nitrogen and oxygen atoms in total. The van der Waals surface area contributed by atoms with E-state index in [0.29, 0.717) is 5.69 Å². The van der Waals surface area contributed by atoms with Crippen LogP contribution in [0.25, 0.3) is 11.0 Å². The van der Waals surface area contributed by atoms with Gasteiger partial charge in [0.1, 0.15) is 11.3 Å². The number of allylic oxidation sites excluding steroid dienone is 2. The minimum atomic E-state index is -0.354. The molecule has 106 valence electrons. The number of H-pyrrole nitrogens is 1. The van der Waals surface area contributed by atoms with E-state index in [2.05, 4.69) is 29.0 Å². The van der Waals surface area contributed by atoms with E-state index in [9.17, 15) is 4.79 Å². The van der Waals surface area contributed by atoms with Crippen LogP contribution in [0.4, 0.5) is 0 Å². The molecule has 0 radical (unpaired) electrons. The lowest BCUT2D eigenvalue weighted by Gasteiger charge is -2.09. The standard InChI is InChI=1S/C15H16N2O2.ClH/c1-9-10-6-4-3-5-7-12(10)16-14-11(9)8-13(17-14)15(18)19-2;/h3-4,8H,5-7H2,1-2H3,(H,16,17);1H. The van der Waals surface area contributed by atoms with Crippen molar-refractivity contribution in [1.82, 2.24) is 9.97 Å². The monoisotopic (exact) mass is 292 g/mol. The van der Waals surface area contributed by atoms with Crippen LogP contribution in [0, 0.1) is 6.92 Å². The normalized spacial score (nSPS) is 13.5. The highest BCUT2D eigenvalue weighted by atomic mass is 35.5. The topological polar surface area (TPSA) is 55.0 Å². The fraction of sp³-hybridized carbons (Fsp3) is 0.333. The van der Waals surface area contributed by atoms with Gasteiger partial charge in [-0.1, -0.05) is 12.2 Å². The van der Waals surface area contributed by atoms with Gasteiger partial charge in [0.2, 0.25) is 0 Å². The third-order valence-corrected chi connectivity index (χ3v) is 3.69. The van der Waals surface area contributed by atoms with Crippen molar-refractivity contribution in [2.24, 2.45) is 0 Å². The number of aromatic nitrogens is 2. The third kappa shape index (κ3) is 2.31. The molecule has 0 atom stereocenters. The minimum absolute atomic E-state index is 0. The predicted molar refractivity (Wildman–Crippen MR) is 80.6 cm³/mol. The maximum Gasteiger partial charge on any atom is 0.354 e. The largest absolute Gasteiger partial charge is 0.464 e. The van der Waals surface area contributed by atoms with Gasteiger partial charge in [-0.2, -0.15) is 0 Å². The summed E-state index contributed by atoms with van der Waals surface area (Å²) in [7, 11) is 1.38. The smallest absolute Gasteiger partial charge is 0.354 e. The van der Waals surface area contributed by atoms with Gasteiger partial charge in [-0.25, -0.2) is 9.78 Å². The van der Waals surface area contributed by atoms with Crippen LogP contribution in [0.2, 0.25) is 0 Å². The fourth-order valence-electron chi connectivity index (χ4n) is 2.64. The van der Waals surface area contributed by atoms with Crippen molar-refractivity contribution in [2.75, 3.05) is 7.11 Å². The number of carbonyl (C=O) groups excluding carboxylic acids is 1. The number of halogens is 1. The average molecular weight is 293 g/mol. The van der Waals surface area contributed by atoms with E-state index < -0.39 is 0 Å². The molecule has 2 aromatic heterocycles. The average Bonchev–Trinajstić information content (AvgIpc) is 2.70. The molecular formula is C15H17ClN2O2. The van der Waals surface area contributed by atoms with Crippen molar-refractivity contribution in [3.63, 3.8) is 0 Å². The molecule has 0 unspecified atom stereocenters.